The molecule has 0 aliphatic carbocycles. The molecule has 35 heavy (non-hydrogen) atoms. The number of carbonyl (C=O) groups is 1. The van der Waals surface area contributed by atoms with Crippen LogP contribution in [0.15, 0.2) is 53.0 Å². The van der Waals surface area contributed by atoms with Crippen molar-refractivity contribution in [2.45, 2.75) is 32.4 Å². The molecule has 0 aliphatic heterocycles. The summed E-state index contributed by atoms with van der Waals surface area (Å²) in [6.07, 6.45) is -1.51. The van der Waals surface area contributed by atoms with Gasteiger partial charge in [-0.3, -0.25) is 4.79 Å². The maximum Gasteiger partial charge on any atom is 0.416 e. The molecule has 2 aromatic carbocycles. The van der Waals surface area contributed by atoms with E-state index >= 15 is 0 Å². The quantitative estimate of drug-likeness (QED) is 0.343. The number of halogens is 3. The third-order valence-corrected chi connectivity index (χ3v) is 7.00. The van der Waals surface area contributed by atoms with Crippen LogP contribution in [-0.4, -0.2) is 34.2 Å². The highest BCUT2D eigenvalue weighted by atomic mass is 32.2. The van der Waals surface area contributed by atoms with E-state index in [4.69, 9.17) is 9.52 Å². The fraction of sp³-hybridized carbons (Fsp3) is 0.250. The SMILES string of the molecule is Cc1nc2ccc(C=CCS(=O)(=O)n3c(CCCC(=O)O)cc4cc(C(F)(F)F)ccc43)cc2o1. The van der Waals surface area contributed by atoms with E-state index < -0.39 is 33.5 Å². The van der Waals surface area contributed by atoms with E-state index in [1.165, 1.54) is 12.1 Å². The monoisotopic (exact) mass is 506 g/mol. The number of aliphatic carboxylic acids is 1. The highest BCUT2D eigenvalue weighted by Gasteiger charge is 2.31. The molecule has 4 rings (SSSR count). The zero-order valence-electron chi connectivity index (χ0n) is 18.5. The first-order chi connectivity index (χ1) is 16.4. The van der Waals surface area contributed by atoms with E-state index in [2.05, 4.69) is 4.98 Å². The Kier molecular flexibility index (Phi) is 6.46. The molecule has 0 amide bonds. The number of carboxylic acid groups (broad SMARTS) is 1. The van der Waals surface area contributed by atoms with Crippen molar-refractivity contribution in [3.63, 3.8) is 0 Å². The minimum atomic E-state index is -4.58. The van der Waals surface area contributed by atoms with Crippen LogP contribution in [-0.2, 0) is 27.4 Å². The summed E-state index contributed by atoms with van der Waals surface area (Å²) >= 11 is 0. The Morgan fingerprint density at radius 3 is 2.66 bits per heavy atom. The van der Waals surface area contributed by atoms with Gasteiger partial charge in [0.05, 0.1) is 16.8 Å². The number of rotatable bonds is 8. The number of nitrogens with zero attached hydrogens (tertiary/aromatic N) is 2. The average molecular weight is 507 g/mol. The molecular weight excluding hydrogens is 485 g/mol. The molecule has 7 nitrogen and oxygen atoms in total. The third kappa shape index (κ3) is 5.40. The van der Waals surface area contributed by atoms with Crippen LogP contribution in [0, 0.1) is 6.92 Å². The van der Waals surface area contributed by atoms with E-state index in [1.807, 2.05) is 0 Å². The van der Waals surface area contributed by atoms with Crippen molar-refractivity contribution >= 4 is 44.1 Å². The summed E-state index contributed by atoms with van der Waals surface area (Å²) in [6, 6.07) is 9.45. The molecule has 0 bridgehead atoms. The number of hydrogen-bond donors (Lipinski definition) is 1. The van der Waals surface area contributed by atoms with Crippen LogP contribution in [0.1, 0.15) is 35.6 Å². The lowest BCUT2D eigenvalue weighted by molar-refractivity contribution is -0.138. The highest BCUT2D eigenvalue weighted by Crippen LogP contribution is 2.33. The second-order valence-electron chi connectivity index (χ2n) is 8.06. The zero-order chi connectivity index (χ0) is 25.4. The van der Waals surface area contributed by atoms with Crippen molar-refractivity contribution in [3.8, 4) is 0 Å². The Morgan fingerprint density at radius 1 is 1.17 bits per heavy atom. The van der Waals surface area contributed by atoms with E-state index in [0.29, 0.717) is 22.6 Å². The zero-order valence-corrected chi connectivity index (χ0v) is 19.4. The predicted octanol–water partition coefficient (Wildman–Crippen LogP) is 5.41. The number of hydrogen-bond acceptors (Lipinski definition) is 5. The Morgan fingerprint density at radius 2 is 1.94 bits per heavy atom. The van der Waals surface area contributed by atoms with Crippen molar-refractivity contribution in [1.29, 1.82) is 0 Å². The summed E-state index contributed by atoms with van der Waals surface area (Å²) in [7, 11) is -4.02. The number of aromatic nitrogens is 2. The van der Waals surface area contributed by atoms with Crippen LogP contribution in [0.2, 0.25) is 0 Å². The molecule has 0 radical (unpaired) electrons. The largest absolute Gasteiger partial charge is 0.481 e. The Balaban J connectivity index is 1.67. The normalized spacial score (nSPS) is 12.8. The van der Waals surface area contributed by atoms with E-state index in [-0.39, 0.29) is 35.9 Å². The summed E-state index contributed by atoms with van der Waals surface area (Å²) < 4.78 is 72.5. The first kappa shape index (κ1) is 24.5. The standard InChI is InChI=1S/C24H21F3N2O5S/c1-15-28-20-9-7-16(12-22(20)34-15)4-3-11-35(32,33)29-19(5-2-6-23(30)31)14-17-13-18(24(25,26)27)8-10-21(17)29/h3-4,7-10,12-14H,2,5-6,11H2,1H3,(H,30,31). The van der Waals surface area contributed by atoms with Gasteiger partial charge in [0.15, 0.2) is 11.5 Å². The lowest BCUT2D eigenvalue weighted by atomic mass is 10.1. The van der Waals surface area contributed by atoms with Gasteiger partial charge in [-0.15, -0.1) is 0 Å². The van der Waals surface area contributed by atoms with Crippen molar-refractivity contribution in [2.75, 3.05) is 5.75 Å². The van der Waals surface area contributed by atoms with Gasteiger partial charge >= 0.3 is 12.1 Å². The number of fused-ring (bicyclic) bond motifs is 2. The Bertz CT molecular complexity index is 1550. The number of aryl methyl sites for hydroxylation is 2. The summed E-state index contributed by atoms with van der Waals surface area (Å²) in [5.41, 5.74) is 1.37. The van der Waals surface area contributed by atoms with Crippen LogP contribution in [0.4, 0.5) is 13.2 Å². The number of oxazole rings is 1. The maximum absolute atomic E-state index is 13.3. The Hall–Kier alpha value is -3.60. The van der Waals surface area contributed by atoms with Gasteiger partial charge in [0.2, 0.25) is 10.0 Å². The summed E-state index contributed by atoms with van der Waals surface area (Å²) in [5, 5.41) is 9.02. The second kappa shape index (κ2) is 9.21. The van der Waals surface area contributed by atoms with E-state index in [1.54, 1.807) is 31.2 Å². The molecule has 0 saturated heterocycles. The molecule has 184 valence electrons. The van der Waals surface area contributed by atoms with Crippen LogP contribution >= 0.6 is 0 Å². The number of carboxylic acids is 1. The van der Waals surface area contributed by atoms with Gasteiger partial charge in [0.1, 0.15) is 5.52 Å². The van der Waals surface area contributed by atoms with Crippen LogP contribution in [0.3, 0.4) is 0 Å². The molecule has 0 aliphatic rings. The highest BCUT2D eigenvalue weighted by molar-refractivity contribution is 7.90. The van der Waals surface area contributed by atoms with Gasteiger partial charge in [-0.25, -0.2) is 17.4 Å². The fourth-order valence-electron chi connectivity index (χ4n) is 3.89. The summed E-state index contributed by atoms with van der Waals surface area (Å²) in [5.74, 6) is -0.957. The lowest BCUT2D eigenvalue weighted by Gasteiger charge is -2.11. The van der Waals surface area contributed by atoms with Crippen molar-refractivity contribution in [1.82, 2.24) is 8.96 Å². The van der Waals surface area contributed by atoms with Crippen LogP contribution in [0.5, 0.6) is 0 Å². The first-order valence-corrected chi connectivity index (χ1v) is 12.3. The lowest BCUT2D eigenvalue weighted by Crippen LogP contribution is -2.18. The molecule has 0 saturated carbocycles. The second-order valence-corrected chi connectivity index (χ2v) is 9.92. The summed E-state index contributed by atoms with van der Waals surface area (Å²) in [4.78, 5) is 15.1. The predicted molar refractivity (Wildman–Crippen MR) is 124 cm³/mol. The molecule has 4 aromatic rings. The molecule has 2 heterocycles. The third-order valence-electron chi connectivity index (χ3n) is 5.39. The van der Waals surface area contributed by atoms with Gasteiger partial charge in [-0.05, 0) is 54.8 Å². The van der Waals surface area contributed by atoms with Gasteiger partial charge < -0.3 is 9.52 Å². The van der Waals surface area contributed by atoms with Crippen molar-refractivity contribution < 1.29 is 35.9 Å². The molecule has 11 heteroatoms. The number of benzene rings is 2. The minimum Gasteiger partial charge on any atom is -0.481 e. The van der Waals surface area contributed by atoms with Crippen molar-refractivity contribution in [2.24, 2.45) is 0 Å². The molecule has 0 spiro atoms. The van der Waals surface area contributed by atoms with Crippen molar-refractivity contribution in [3.05, 3.63) is 71.3 Å². The molecule has 0 atom stereocenters. The van der Waals surface area contributed by atoms with Gasteiger partial charge in [-0.2, -0.15) is 13.2 Å². The topological polar surface area (TPSA) is 102 Å². The van der Waals surface area contributed by atoms with E-state index in [9.17, 15) is 26.4 Å². The average Bonchev–Trinajstić information content (AvgIpc) is 3.31. The minimum absolute atomic E-state index is 0.0762. The number of alkyl halides is 3. The van der Waals surface area contributed by atoms with Gasteiger partial charge in [0.25, 0.3) is 0 Å². The van der Waals surface area contributed by atoms with Crippen LogP contribution < -0.4 is 0 Å². The van der Waals surface area contributed by atoms with Gasteiger partial charge in [0, 0.05) is 24.4 Å². The first-order valence-electron chi connectivity index (χ1n) is 10.6. The van der Waals surface area contributed by atoms with Gasteiger partial charge in [-0.1, -0.05) is 18.2 Å². The molecule has 0 fully saturated rings. The summed E-state index contributed by atoms with van der Waals surface area (Å²) in [6.45, 7) is 1.72. The maximum atomic E-state index is 13.3. The smallest absolute Gasteiger partial charge is 0.416 e. The van der Waals surface area contributed by atoms with Crippen LogP contribution in [0.25, 0.3) is 28.1 Å². The fourth-order valence-corrected chi connectivity index (χ4v) is 5.34. The molecule has 1 N–H and O–H groups in total. The molecular formula is C24H21F3N2O5S. The molecule has 2 aromatic heterocycles. The molecule has 0 unspecified atom stereocenters. The van der Waals surface area contributed by atoms with E-state index in [0.717, 1.165) is 22.2 Å². The Labute approximate surface area is 198 Å².